The number of rotatable bonds is 1. The monoisotopic (exact) mass is 290 g/mol. The lowest BCUT2D eigenvalue weighted by Crippen LogP contribution is -2.57. The minimum absolute atomic E-state index is 0.123. The maximum absolute atomic E-state index is 13.4. The molecule has 4 fully saturated rings. The molecule has 0 aromatic rings. The molecule has 7 unspecified atom stereocenters. The summed E-state index contributed by atoms with van der Waals surface area (Å²) in [6.07, 6.45) is 7.24. The summed E-state index contributed by atoms with van der Waals surface area (Å²) < 4.78 is 6.80. The highest BCUT2D eigenvalue weighted by Gasteiger charge is 2.75. The topological polar surface area (TPSA) is 26.3 Å². The zero-order chi connectivity index (χ0) is 15.0. The predicted octanol–water partition coefficient (Wildman–Crippen LogP) is 4.22. The van der Waals surface area contributed by atoms with Crippen molar-refractivity contribution >= 4 is 5.78 Å². The van der Waals surface area contributed by atoms with Crippen LogP contribution in [0.5, 0.6) is 0 Å². The Morgan fingerprint density at radius 3 is 2.67 bits per heavy atom. The standard InChI is InChI=1S/C19H30O2/c1-11(2)14-9-8-12(3)10-19(14)17(20)16-13-6-5-7-15(13)18(16,4)21-19/h11-16H,5-10H2,1-4H3. The van der Waals surface area contributed by atoms with Crippen LogP contribution < -0.4 is 0 Å². The van der Waals surface area contributed by atoms with Crippen molar-refractivity contribution in [3.63, 3.8) is 0 Å². The number of ether oxygens (including phenoxy) is 1. The molecule has 0 radical (unpaired) electrons. The smallest absolute Gasteiger partial charge is 0.171 e. The van der Waals surface area contributed by atoms with E-state index in [0.29, 0.717) is 35.4 Å². The van der Waals surface area contributed by atoms with Gasteiger partial charge in [0.1, 0.15) is 5.60 Å². The van der Waals surface area contributed by atoms with Crippen LogP contribution in [0.15, 0.2) is 0 Å². The Labute approximate surface area is 129 Å². The molecule has 0 aromatic carbocycles. The van der Waals surface area contributed by atoms with E-state index >= 15 is 0 Å². The van der Waals surface area contributed by atoms with Gasteiger partial charge in [0.25, 0.3) is 0 Å². The lowest BCUT2D eigenvalue weighted by molar-refractivity contribution is -0.218. The number of hydrogen-bond acceptors (Lipinski definition) is 2. The first-order chi connectivity index (χ1) is 9.90. The number of fused-ring (bicyclic) bond motifs is 4. The van der Waals surface area contributed by atoms with Crippen LogP contribution in [0.1, 0.15) is 66.2 Å². The summed E-state index contributed by atoms with van der Waals surface area (Å²) in [7, 11) is 0. The van der Waals surface area contributed by atoms with Gasteiger partial charge in [0.2, 0.25) is 0 Å². The molecule has 0 N–H and O–H groups in total. The summed E-state index contributed by atoms with van der Waals surface area (Å²) in [6.45, 7) is 9.12. The summed E-state index contributed by atoms with van der Waals surface area (Å²) in [4.78, 5) is 13.4. The molecule has 2 heteroatoms. The second kappa shape index (κ2) is 4.34. The number of Topliss-reactive ketones (excluding diaryl/α,β-unsaturated/α-hetero) is 1. The van der Waals surface area contributed by atoms with E-state index in [4.69, 9.17) is 4.74 Å². The molecule has 4 rings (SSSR count). The zero-order valence-corrected chi connectivity index (χ0v) is 14.0. The normalized spacial score (nSPS) is 55.7. The van der Waals surface area contributed by atoms with Gasteiger partial charge in [-0.25, -0.2) is 0 Å². The van der Waals surface area contributed by atoms with Crippen molar-refractivity contribution in [1.29, 1.82) is 0 Å². The summed E-state index contributed by atoms with van der Waals surface area (Å²) in [5.74, 6) is 3.63. The van der Waals surface area contributed by atoms with Crippen LogP contribution in [0.4, 0.5) is 0 Å². The van der Waals surface area contributed by atoms with Crippen molar-refractivity contribution in [3.8, 4) is 0 Å². The van der Waals surface area contributed by atoms with Crippen LogP contribution in [0.25, 0.3) is 0 Å². The second-order valence-corrected chi connectivity index (χ2v) is 8.96. The summed E-state index contributed by atoms with van der Waals surface area (Å²) >= 11 is 0. The van der Waals surface area contributed by atoms with Crippen molar-refractivity contribution in [3.05, 3.63) is 0 Å². The molecule has 0 aromatic heterocycles. The van der Waals surface area contributed by atoms with Crippen molar-refractivity contribution < 1.29 is 9.53 Å². The molecule has 0 bridgehead atoms. The highest BCUT2D eigenvalue weighted by atomic mass is 16.5. The molecule has 0 amide bonds. The third kappa shape index (κ3) is 1.61. The molecule has 1 saturated heterocycles. The Balaban J connectivity index is 1.72. The zero-order valence-electron chi connectivity index (χ0n) is 14.0. The van der Waals surface area contributed by atoms with E-state index < -0.39 is 5.60 Å². The molecule has 118 valence electrons. The molecule has 1 spiro atoms. The molecular weight excluding hydrogens is 260 g/mol. The van der Waals surface area contributed by atoms with E-state index in [1.54, 1.807) is 0 Å². The summed E-state index contributed by atoms with van der Waals surface area (Å²) in [6, 6.07) is 0. The van der Waals surface area contributed by atoms with Crippen molar-refractivity contribution in [2.24, 2.45) is 35.5 Å². The summed E-state index contributed by atoms with van der Waals surface area (Å²) in [5, 5.41) is 0. The average Bonchev–Trinajstić information content (AvgIpc) is 2.89. The first-order valence-corrected chi connectivity index (χ1v) is 9.14. The van der Waals surface area contributed by atoms with Gasteiger partial charge in [-0.1, -0.05) is 33.6 Å². The van der Waals surface area contributed by atoms with Gasteiger partial charge in [-0.15, -0.1) is 0 Å². The first-order valence-electron chi connectivity index (χ1n) is 9.14. The van der Waals surface area contributed by atoms with Crippen molar-refractivity contribution in [2.45, 2.75) is 77.4 Å². The second-order valence-electron chi connectivity index (χ2n) is 8.96. The quantitative estimate of drug-likeness (QED) is 0.722. The molecular formula is C19H30O2. The Hall–Kier alpha value is -0.370. The van der Waals surface area contributed by atoms with Gasteiger partial charge in [0.05, 0.1) is 11.5 Å². The van der Waals surface area contributed by atoms with Crippen molar-refractivity contribution in [2.75, 3.05) is 0 Å². The van der Waals surface area contributed by atoms with E-state index in [0.717, 1.165) is 6.42 Å². The van der Waals surface area contributed by atoms with E-state index in [-0.39, 0.29) is 11.5 Å². The fourth-order valence-electron chi connectivity index (χ4n) is 6.68. The van der Waals surface area contributed by atoms with Crippen LogP contribution in [0, 0.1) is 35.5 Å². The molecule has 7 atom stereocenters. The van der Waals surface area contributed by atoms with Gasteiger partial charge in [0.15, 0.2) is 5.78 Å². The highest BCUT2D eigenvalue weighted by Crippen LogP contribution is 2.68. The maximum Gasteiger partial charge on any atom is 0.171 e. The average molecular weight is 290 g/mol. The van der Waals surface area contributed by atoms with Crippen molar-refractivity contribution in [1.82, 2.24) is 0 Å². The number of ketones is 1. The molecule has 21 heavy (non-hydrogen) atoms. The Morgan fingerprint density at radius 2 is 1.95 bits per heavy atom. The Kier molecular flexibility index (Phi) is 2.94. The summed E-state index contributed by atoms with van der Waals surface area (Å²) in [5.41, 5.74) is -0.558. The molecule has 2 nitrogen and oxygen atoms in total. The lowest BCUT2D eigenvalue weighted by Gasteiger charge is -2.52. The highest BCUT2D eigenvalue weighted by molar-refractivity contribution is 5.94. The van der Waals surface area contributed by atoms with Gasteiger partial charge in [-0.3, -0.25) is 4.79 Å². The molecule has 3 aliphatic carbocycles. The van der Waals surface area contributed by atoms with E-state index in [2.05, 4.69) is 27.7 Å². The lowest BCUT2D eigenvalue weighted by atomic mass is 9.53. The van der Waals surface area contributed by atoms with E-state index in [1.807, 2.05) is 0 Å². The number of carbonyl (C=O) groups is 1. The molecule has 3 saturated carbocycles. The fourth-order valence-corrected chi connectivity index (χ4v) is 6.68. The Morgan fingerprint density at radius 1 is 1.19 bits per heavy atom. The van der Waals surface area contributed by atoms with Crippen LogP contribution in [-0.4, -0.2) is 17.0 Å². The van der Waals surface area contributed by atoms with Gasteiger partial charge in [0, 0.05) is 0 Å². The van der Waals surface area contributed by atoms with Crippen LogP contribution in [-0.2, 0) is 9.53 Å². The minimum atomic E-state index is -0.435. The minimum Gasteiger partial charge on any atom is -0.360 e. The molecule has 1 heterocycles. The van der Waals surface area contributed by atoms with Crippen LogP contribution in [0.3, 0.4) is 0 Å². The largest absolute Gasteiger partial charge is 0.360 e. The van der Waals surface area contributed by atoms with Gasteiger partial charge in [-0.2, -0.15) is 0 Å². The maximum atomic E-state index is 13.4. The van der Waals surface area contributed by atoms with E-state index in [9.17, 15) is 4.79 Å². The Bertz CT molecular complexity index is 470. The first kappa shape index (κ1) is 14.2. The third-order valence-corrected chi connectivity index (χ3v) is 7.48. The van der Waals surface area contributed by atoms with Gasteiger partial charge in [-0.05, 0) is 62.2 Å². The molecule has 1 aliphatic heterocycles. The predicted molar refractivity (Wildman–Crippen MR) is 82.9 cm³/mol. The third-order valence-electron chi connectivity index (χ3n) is 7.48. The van der Waals surface area contributed by atoms with Gasteiger partial charge >= 0.3 is 0 Å². The van der Waals surface area contributed by atoms with E-state index in [1.165, 1.54) is 32.1 Å². The number of carbonyl (C=O) groups excluding carboxylic acids is 1. The van der Waals surface area contributed by atoms with Crippen LogP contribution in [0.2, 0.25) is 0 Å². The fraction of sp³-hybridized carbons (Fsp3) is 0.947. The molecule has 4 aliphatic rings. The SMILES string of the molecule is CC1CCC(C(C)C)C2(C1)OC1(C)C3CCCC3C1C2=O. The van der Waals surface area contributed by atoms with Gasteiger partial charge < -0.3 is 4.74 Å². The van der Waals surface area contributed by atoms with Crippen LogP contribution >= 0.6 is 0 Å². The number of hydrogen-bond donors (Lipinski definition) is 0.